The first-order valence-electron chi connectivity index (χ1n) is 7.67. The molecule has 2 aromatic rings. The molecule has 0 aromatic heterocycles. The van der Waals surface area contributed by atoms with Gasteiger partial charge in [-0.25, -0.2) is 0 Å². The Balaban J connectivity index is 2.34. The fourth-order valence-corrected chi connectivity index (χ4v) is 3.26. The molecule has 0 saturated heterocycles. The highest BCUT2D eigenvalue weighted by atomic mass is 127. The molecular formula is C19H24IN. The molecule has 112 valence electrons. The molecule has 21 heavy (non-hydrogen) atoms. The smallest absolute Gasteiger partial charge is 0.0577 e. The van der Waals surface area contributed by atoms with E-state index in [1.807, 2.05) is 0 Å². The van der Waals surface area contributed by atoms with Gasteiger partial charge in [0.05, 0.1) is 6.04 Å². The lowest BCUT2D eigenvalue weighted by atomic mass is 9.94. The Morgan fingerprint density at radius 2 is 1.67 bits per heavy atom. The van der Waals surface area contributed by atoms with Gasteiger partial charge in [-0.05, 0) is 70.3 Å². The molecule has 0 spiro atoms. The zero-order valence-corrected chi connectivity index (χ0v) is 15.2. The van der Waals surface area contributed by atoms with Crippen LogP contribution in [0.2, 0.25) is 0 Å². The number of benzene rings is 2. The highest BCUT2D eigenvalue weighted by Crippen LogP contribution is 2.25. The van der Waals surface area contributed by atoms with E-state index in [2.05, 4.69) is 97.2 Å². The predicted molar refractivity (Wildman–Crippen MR) is 99.7 cm³/mol. The Labute approximate surface area is 142 Å². The quantitative estimate of drug-likeness (QED) is 0.667. The van der Waals surface area contributed by atoms with Gasteiger partial charge in [0.2, 0.25) is 0 Å². The minimum Gasteiger partial charge on any atom is -0.307 e. The van der Waals surface area contributed by atoms with E-state index in [9.17, 15) is 0 Å². The first-order chi connectivity index (χ1) is 10.1. The van der Waals surface area contributed by atoms with E-state index in [0.29, 0.717) is 5.92 Å². The molecule has 0 heterocycles. The van der Waals surface area contributed by atoms with Crippen LogP contribution in [0.25, 0.3) is 0 Å². The van der Waals surface area contributed by atoms with E-state index in [1.165, 1.54) is 20.3 Å². The first-order valence-corrected chi connectivity index (χ1v) is 8.75. The van der Waals surface area contributed by atoms with Crippen LogP contribution in [0, 0.1) is 9.49 Å². The summed E-state index contributed by atoms with van der Waals surface area (Å²) in [5, 5.41) is 3.62. The molecule has 0 fully saturated rings. The molecule has 0 amide bonds. The van der Waals surface area contributed by atoms with Crippen molar-refractivity contribution < 1.29 is 0 Å². The molecule has 0 aliphatic carbocycles. The van der Waals surface area contributed by atoms with Gasteiger partial charge >= 0.3 is 0 Å². The molecule has 2 rings (SSSR count). The van der Waals surface area contributed by atoms with Crippen molar-refractivity contribution in [2.24, 2.45) is 5.92 Å². The van der Waals surface area contributed by atoms with Crippen molar-refractivity contribution in [3.05, 3.63) is 68.8 Å². The van der Waals surface area contributed by atoms with Crippen LogP contribution in [0.1, 0.15) is 43.5 Å². The minimum atomic E-state index is 0.275. The number of rotatable bonds is 6. The van der Waals surface area contributed by atoms with Crippen molar-refractivity contribution in [3.8, 4) is 0 Å². The normalized spacial score (nSPS) is 12.6. The van der Waals surface area contributed by atoms with Gasteiger partial charge in [-0.1, -0.05) is 57.2 Å². The number of halogens is 1. The summed E-state index contributed by atoms with van der Waals surface area (Å²) in [4.78, 5) is 0. The summed E-state index contributed by atoms with van der Waals surface area (Å²) in [7, 11) is 0. The minimum absolute atomic E-state index is 0.275. The van der Waals surface area contributed by atoms with Crippen LogP contribution in [0.4, 0.5) is 0 Å². The van der Waals surface area contributed by atoms with Crippen LogP contribution in [-0.4, -0.2) is 6.54 Å². The lowest BCUT2D eigenvalue weighted by Gasteiger charge is -2.20. The fraction of sp³-hybridized carbons (Fsp3) is 0.368. The second-order valence-corrected chi connectivity index (χ2v) is 7.13. The zero-order valence-electron chi connectivity index (χ0n) is 13.1. The van der Waals surface area contributed by atoms with E-state index >= 15 is 0 Å². The first kappa shape index (κ1) is 16.5. The molecule has 1 nitrogen and oxygen atoms in total. The molecule has 0 saturated carbocycles. The fourth-order valence-electron chi connectivity index (χ4n) is 2.69. The maximum atomic E-state index is 3.62. The number of hydrogen-bond donors (Lipinski definition) is 1. The molecule has 0 aliphatic rings. The topological polar surface area (TPSA) is 12.0 Å². The van der Waals surface area contributed by atoms with Crippen LogP contribution in [0.15, 0.2) is 48.5 Å². The summed E-state index contributed by atoms with van der Waals surface area (Å²) in [6, 6.07) is 18.0. The van der Waals surface area contributed by atoms with Crippen LogP contribution >= 0.6 is 22.6 Å². The summed E-state index contributed by atoms with van der Waals surface area (Å²) in [6.07, 6.45) is 1.14. The largest absolute Gasteiger partial charge is 0.307 e. The Morgan fingerprint density at radius 3 is 2.29 bits per heavy atom. The Hall–Kier alpha value is -0.870. The average Bonchev–Trinajstić information content (AvgIpc) is 2.44. The van der Waals surface area contributed by atoms with E-state index in [4.69, 9.17) is 0 Å². The second-order valence-electron chi connectivity index (χ2n) is 5.89. The standard InChI is InChI=1S/C19H24IN/c1-4-21-19(17-9-6-10-18(20)13-17)16-8-5-7-15(12-16)11-14(2)3/h5-10,12-14,19,21H,4,11H2,1-3H3. The van der Waals surface area contributed by atoms with E-state index in [1.54, 1.807) is 0 Å². The van der Waals surface area contributed by atoms with Gasteiger partial charge in [0, 0.05) is 3.57 Å². The van der Waals surface area contributed by atoms with Gasteiger partial charge in [0.1, 0.15) is 0 Å². The van der Waals surface area contributed by atoms with Crippen LogP contribution in [-0.2, 0) is 6.42 Å². The van der Waals surface area contributed by atoms with Gasteiger partial charge in [0.15, 0.2) is 0 Å². The van der Waals surface area contributed by atoms with Crippen molar-refractivity contribution in [3.63, 3.8) is 0 Å². The van der Waals surface area contributed by atoms with Gasteiger partial charge in [-0.2, -0.15) is 0 Å². The molecular weight excluding hydrogens is 369 g/mol. The van der Waals surface area contributed by atoms with Crippen molar-refractivity contribution in [1.82, 2.24) is 5.32 Å². The summed E-state index contributed by atoms with van der Waals surface area (Å²) in [6.45, 7) is 7.67. The third-order valence-electron chi connectivity index (χ3n) is 3.52. The highest BCUT2D eigenvalue weighted by Gasteiger charge is 2.13. The molecule has 1 N–H and O–H groups in total. The second kappa shape index (κ2) is 7.95. The van der Waals surface area contributed by atoms with Gasteiger partial charge in [-0.15, -0.1) is 0 Å². The van der Waals surface area contributed by atoms with Crippen LogP contribution < -0.4 is 5.32 Å². The summed E-state index contributed by atoms with van der Waals surface area (Å²) >= 11 is 2.38. The lowest BCUT2D eigenvalue weighted by molar-refractivity contribution is 0.623. The van der Waals surface area contributed by atoms with E-state index < -0.39 is 0 Å². The highest BCUT2D eigenvalue weighted by molar-refractivity contribution is 14.1. The third-order valence-corrected chi connectivity index (χ3v) is 4.19. The molecule has 0 bridgehead atoms. The maximum Gasteiger partial charge on any atom is 0.0577 e. The number of hydrogen-bond acceptors (Lipinski definition) is 1. The van der Waals surface area contributed by atoms with Crippen molar-refractivity contribution in [1.29, 1.82) is 0 Å². The van der Waals surface area contributed by atoms with Gasteiger partial charge in [0.25, 0.3) is 0 Å². The molecule has 1 atom stereocenters. The van der Waals surface area contributed by atoms with Crippen molar-refractivity contribution in [2.45, 2.75) is 33.2 Å². The summed E-state index contributed by atoms with van der Waals surface area (Å²) in [5.41, 5.74) is 4.12. The Morgan fingerprint density at radius 1 is 1.00 bits per heavy atom. The summed E-state index contributed by atoms with van der Waals surface area (Å²) in [5.74, 6) is 0.690. The SMILES string of the molecule is CCNC(c1cccc(I)c1)c1cccc(CC(C)C)c1. The Kier molecular flexibility index (Phi) is 6.24. The van der Waals surface area contributed by atoms with Gasteiger partial charge < -0.3 is 5.32 Å². The van der Waals surface area contributed by atoms with Crippen molar-refractivity contribution >= 4 is 22.6 Å². The van der Waals surface area contributed by atoms with E-state index in [0.717, 1.165) is 13.0 Å². The zero-order chi connectivity index (χ0) is 15.2. The lowest BCUT2D eigenvalue weighted by Crippen LogP contribution is -2.22. The molecule has 2 aromatic carbocycles. The third kappa shape index (κ3) is 4.82. The van der Waals surface area contributed by atoms with Gasteiger partial charge in [-0.3, -0.25) is 0 Å². The van der Waals surface area contributed by atoms with E-state index in [-0.39, 0.29) is 6.04 Å². The molecule has 0 radical (unpaired) electrons. The van der Waals surface area contributed by atoms with Crippen molar-refractivity contribution in [2.75, 3.05) is 6.54 Å². The number of nitrogens with one attached hydrogen (secondary N) is 1. The predicted octanol–water partition coefficient (Wildman–Crippen LogP) is 5.19. The maximum absolute atomic E-state index is 3.62. The Bertz CT molecular complexity index is 577. The van der Waals surface area contributed by atoms with Crippen LogP contribution in [0.3, 0.4) is 0 Å². The molecule has 1 unspecified atom stereocenters. The molecule has 2 heteroatoms. The molecule has 0 aliphatic heterocycles. The monoisotopic (exact) mass is 393 g/mol. The average molecular weight is 393 g/mol. The van der Waals surface area contributed by atoms with Crippen LogP contribution in [0.5, 0.6) is 0 Å². The summed E-state index contributed by atoms with van der Waals surface area (Å²) < 4.78 is 1.28.